The van der Waals surface area contributed by atoms with Crippen molar-refractivity contribution in [3.05, 3.63) is 59.9 Å². The Balaban J connectivity index is 1.78. The van der Waals surface area contributed by atoms with E-state index in [1.165, 1.54) is 0 Å². The normalized spacial score (nSPS) is 14.3. The summed E-state index contributed by atoms with van der Waals surface area (Å²) >= 11 is 0. The summed E-state index contributed by atoms with van der Waals surface area (Å²) in [4.78, 5) is 26.4. The largest absolute Gasteiger partial charge is 0.377 e. The molecule has 2 N–H and O–H groups in total. The number of pyridine rings is 1. The van der Waals surface area contributed by atoms with E-state index < -0.39 is 0 Å². The summed E-state index contributed by atoms with van der Waals surface area (Å²) in [7, 11) is 0. The molecule has 7 heteroatoms. The van der Waals surface area contributed by atoms with Crippen molar-refractivity contribution in [1.29, 1.82) is 0 Å². The molecule has 3 aromatic rings. The molecule has 0 fully saturated rings. The van der Waals surface area contributed by atoms with E-state index in [0.29, 0.717) is 35.9 Å². The number of anilines is 2. The second-order valence-electron chi connectivity index (χ2n) is 8.23. The van der Waals surface area contributed by atoms with Crippen LogP contribution in [0.15, 0.2) is 48.8 Å². The summed E-state index contributed by atoms with van der Waals surface area (Å²) in [5.41, 5.74) is 3.22. The lowest BCUT2D eigenvalue weighted by Gasteiger charge is -2.21. The van der Waals surface area contributed by atoms with Crippen molar-refractivity contribution < 1.29 is 9.53 Å². The van der Waals surface area contributed by atoms with E-state index in [9.17, 15) is 4.79 Å². The van der Waals surface area contributed by atoms with E-state index >= 15 is 0 Å². The van der Waals surface area contributed by atoms with Crippen LogP contribution < -0.4 is 10.6 Å². The zero-order valence-electron chi connectivity index (χ0n) is 17.4. The van der Waals surface area contributed by atoms with Crippen molar-refractivity contribution in [3.63, 3.8) is 0 Å². The smallest absolute Gasteiger partial charge is 0.256 e. The van der Waals surface area contributed by atoms with Crippen LogP contribution in [-0.2, 0) is 4.74 Å². The zero-order valence-corrected chi connectivity index (χ0v) is 17.4. The minimum atomic E-state index is -0.223. The van der Waals surface area contributed by atoms with Gasteiger partial charge in [-0.05, 0) is 44.9 Å². The number of rotatable bonds is 4. The van der Waals surface area contributed by atoms with Crippen LogP contribution in [0.1, 0.15) is 43.1 Å². The van der Waals surface area contributed by atoms with Gasteiger partial charge in [0.15, 0.2) is 0 Å². The Morgan fingerprint density at radius 3 is 2.60 bits per heavy atom. The molecule has 7 nitrogen and oxygen atoms in total. The van der Waals surface area contributed by atoms with Crippen molar-refractivity contribution in [2.45, 2.75) is 32.7 Å². The van der Waals surface area contributed by atoms with Gasteiger partial charge in [0.1, 0.15) is 5.82 Å². The van der Waals surface area contributed by atoms with Crippen LogP contribution in [0.5, 0.6) is 0 Å². The molecule has 3 heterocycles. The maximum Gasteiger partial charge on any atom is 0.256 e. The Kier molecular flexibility index (Phi) is 5.46. The third kappa shape index (κ3) is 4.46. The van der Waals surface area contributed by atoms with Gasteiger partial charge in [0.2, 0.25) is 5.95 Å². The van der Waals surface area contributed by atoms with Gasteiger partial charge < -0.3 is 15.4 Å². The predicted octanol–water partition coefficient (Wildman–Crippen LogP) is 4.29. The van der Waals surface area contributed by atoms with Crippen molar-refractivity contribution in [1.82, 2.24) is 15.0 Å². The SMILES string of the molecule is CC(C)(C)Nc1ncc2c(NC(=O)c3ccccc3)ncc(C3=CCOCC3)c2n1. The molecule has 0 aliphatic carbocycles. The molecule has 30 heavy (non-hydrogen) atoms. The standard InChI is InChI=1S/C23H25N5O2/c1-23(2,3)28-22-25-14-18-19(26-22)17(15-9-11-30-12-10-15)13-24-20(18)27-21(29)16-7-5-4-6-8-16/h4-9,13-14H,10-12H2,1-3H3,(H,24,27,29)(H,25,26,28). The lowest BCUT2D eigenvalue weighted by molar-refractivity contribution is 0.102. The summed E-state index contributed by atoms with van der Waals surface area (Å²) in [6.07, 6.45) is 6.33. The molecule has 0 saturated heterocycles. The second-order valence-corrected chi connectivity index (χ2v) is 8.23. The Hall–Kier alpha value is -3.32. The van der Waals surface area contributed by atoms with Crippen LogP contribution in [-0.4, -0.2) is 39.6 Å². The molecular weight excluding hydrogens is 378 g/mol. The molecule has 1 aliphatic rings. The van der Waals surface area contributed by atoms with Crippen molar-refractivity contribution in [2.24, 2.45) is 0 Å². The topological polar surface area (TPSA) is 89.0 Å². The van der Waals surface area contributed by atoms with E-state index in [-0.39, 0.29) is 11.4 Å². The second kappa shape index (κ2) is 8.20. The van der Waals surface area contributed by atoms with Crippen LogP contribution in [0.25, 0.3) is 16.5 Å². The molecule has 0 unspecified atom stereocenters. The number of aromatic nitrogens is 3. The van der Waals surface area contributed by atoms with Crippen molar-refractivity contribution >= 4 is 34.1 Å². The highest BCUT2D eigenvalue weighted by molar-refractivity contribution is 6.08. The minimum Gasteiger partial charge on any atom is -0.377 e. The van der Waals surface area contributed by atoms with Gasteiger partial charge in [0.05, 0.1) is 24.1 Å². The molecule has 0 saturated carbocycles. The van der Waals surface area contributed by atoms with Crippen molar-refractivity contribution in [3.8, 4) is 0 Å². The maximum absolute atomic E-state index is 12.7. The molecule has 0 bridgehead atoms. The highest BCUT2D eigenvalue weighted by atomic mass is 16.5. The highest BCUT2D eigenvalue weighted by Crippen LogP contribution is 2.31. The average Bonchev–Trinajstić information content (AvgIpc) is 2.74. The summed E-state index contributed by atoms with van der Waals surface area (Å²) in [5.74, 6) is 0.757. The number of nitrogens with one attached hydrogen (secondary N) is 2. The number of benzene rings is 1. The van der Waals surface area contributed by atoms with Crippen LogP contribution in [0.4, 0.5) is 11.8 Å². The number of ether oxygens (including phenoxy) is 1. The van der Waals surface area contributed by atoms with E-state index in [4.69, 9.17) is 9.72 Å². The van der Waals surface area contributed by atoms with Crippen LogP contribution in [0, 0.1) is 0 Å². The first-order valence-electron chi connectivity index (χ1n) is 9.98. The van der Waals surface area contributed by atoms with Gasteiger partial charge in [-0.3, -0.25) is 4.79 Å². The number of hydrogen-bond acceptors (Lipinski definition) is 6. The Bertz CT molecular complexity index is 1100. The molecule has 0 radical (unpaired) electrons. The van der Waals surface area contributed by atoms with E-state index in [1.54, 1.807) is 24.5 Å². The number of carbonyl (C=O) groups excluding carboxylic acids is 1. The highest BCUT2D eigenvalue weighted by Gasteiger charge is 2.19. The quantitative estimate of drug-likeness (QED) is 0.675. The lowest BCUT2D eigenvalue weighted by Crippen LogP contribution is -2.27. The summed E-state index contributed by atoms with van der Waals surface area (Å²) in [6.45, 7) is 7.40. The molecule has 4 rings (SSSR count). The molecule has 1 aromatic carbocycles. The van der Waals surface area contributed by atoms with Gasteiger partial charge in [-0.1, -0.05) is 24.3 Å². The molecule has 1 amide bonds. The lowest BCUT2D eigenvalue weighted by atomic mass is 10.0. The Labute approximate surface area is 175 Å². The molecule has 2 aromatic heterocycles. The summed E-state index contributed by atoms with van der Waals surface area (Å²) in [6, 6.07) is 9.06. The van der Waals surface area contributed by atoms with Crippen molar-refractivity contribution in [2.75, 3.05) is 23.8 Å². The molecule has 0 atom stereocenters. The van der Waals surface area contributed by atoms with Crippen LogP contribution in [0.3, 0.4) is 0 Å². The van der Waals surface area contributed by atoms with Crippen LogP contribution >= 0.6 is 0 Å². The van der Waals surface area contributed by atoms with Gasteiger partial charge >= 0.3 is 0 Å². The maximum atomic E-state index is 12.7. The number of fused-ring (bicyclic) bond motifs is 1. The van der Waals surface area contributed by atoms with Gasteiger partial charge in [-0.15, -0.1) is 0 Å². The Morgan fingerprint density at radius 2 is 1.90 bits per heavy atom. The predicted molar refractivity (Wildman–Crippen MR) is 119 cm³/mol. The third-order valence-corrected chi connectivity index (χ3v) is 4.69. The first-order chi connectivity index (χ1) is 14.4. The first kappa shape index (κ1) is 20.0. The average molecular weight is 403 g/mol. The van der Waals surface area contributed by atoms with E-state index in [0.717, 1.165) is 23.1 Å². The van der Waals surface area contributed by atoms with E-state index in [2.05, 4.69) is 47.4 Å². The number of nitrogens with zero attached hydrogens (tertiary/aromatic N) is 3. The number of carbonyl (C=O) groups is 1. The van der Waals surface area contributed by atoms with Gasteiger partial charge in [-0.25, -0.2) is 15.0 Å². The minimum absolute atomic E-state index is 0.177. The molecule has 0 spiro atoms. The molecule has 1 aliphatic heterocycles. The zero-order chi connectivity index (χ0) is 21.1. The fraction of sp³-hybridized carbons (Fsp3) is 0.304. The van der Waals surface area contributed by atoms with E-state index in [1.807, 2.05) is 18.2 Å². The first-order valence-corrected chi connectivity index (χ1v) is 9.98. The van der Waals surface area contributed by atoms with Gasteiger partial charge in [0, 0.05) is 29.1 Å². The summed E-state index contributed by atoms with van der Waals surface area (Å²) in [5, 5.41) is 6.92. The fourth-order valence-electron chi connectivity index (χ4n) is 3.29. The monoisotopic (exact) mass is 403 g/mol. The molecule has 154 valence electrons. The van der Waals surface area contributed by atoms with Gasteiger partial charge in [0.25, 0.3) is 5.91 Å². The Morgan fingerprint density at radius 1 is 1.10 bits per heavy atom. The fourth-order valence-corrected chi connectivity index (χ4v) is 3.29. The third-order valence-electron chi connectivity index (χ3n) is 4.69. The number of hydrogen-bond donors (Lipinski definition) is 2. The summed E-state index contributed by atoms with van der Waals surface area (Å²) < 4.78 is 5.45. The number of amides is 1. The molecular formula is C23H25N5O2. The van der Waals surface area contributed by atoms with Gasteiger partial charge in [-0.2, -0.15) is 0 Å². The van der Waals surface area contributed by atoms with Crippen LogP contribution in [0.2, 0.25) is 0 Å².